The lowest BCUT2D eigenvalue weighted by Crippen LogP contribution is -2.44. The Kier molecular flexibility index (Phi) is 6.03. The number of hydrogen-bond donors (Lipinski definition) is 3. The lowest BCUT2D eigenvalue weighted by Gasteiger charge is -2.19. The van der Waals surface area contributed by atoms with Crippen LogP contribution in [-0.2, 0) is 10.2 Å². The van der Waals surface area contributed by atoms with Gasteiger partial charge < -0.3 is 5.32 Å². The first-order valence-electron chi connectivity index (χ1n) is 9.73. The minimum Gasteiger partial charge on any atom is -0.331 e. The maximum absolute atomic E-state index is 12.4. The minimum absolute atomic E-state index is 0.0175. The zero-order valence-corrected chi connectivity index (χ0v) is 18.0. The van der Waals surface area contributed by atoms with Crippen molar-refractivity contribution in [3.05, 3.63) is 65.2 Å². The number of nitrogens with one attached hydrogen (secondary N) is 3. The molecule has 2 atom stereocenters. The standard InChI is InChI=1S/C23H27N3O2S/c1-14(27)16-6-5-7-18(12-16)24-22(29)26-25-21(28)20-13-19(20)15-8-10-17(11-9-15)23(2,3)4/h5-12,19-20H,13H2,1-4H3,(H,25,28)(H2,24,26,29)/t19-,20-/m1/s1. The molecule has 1 aliphatic carbocycles. The van der Waals surface area contributed by atoms with Gasteiger partial charge in [-0.1, -0.05) is 57.2 Å². The number of Topliss-reactive ketones (excluding diaryl/α,β-unsaturated/α-hetero) is 1. The fourth-order valence-corrected chi connectivity index (χ4v) is 3.44. The summed E-state index contributed by atoms with van der Waals surface area (Å²) in [4.78, 5) is 23.9. The Morgan fingerprint density at radius 2 is 1.72 bits per heavy atom. The lowest BCUT2D eigenvalue weighted by molar-refractivity contribution is -0.122. The van der Waals surface area contributed by atoms with Gasteiger partial charge in [-0.2, -0.15) is 0 Å². The SMILES string of the molecule is CC(=O)c1cccc(NC(=S)NNC(=O)[C@@H]2C[C@@H]2c2ccc(C(C)(C)C)cc2)c1. The van der Waals surface area contributed by atoms with Crippen molar-refractivity contribution in [3.63, 3.8) is 0 Å². The first-order valence-corrected chi connectivity index (χ1v) is 10.1. The Labute approximate surface area is 177 Å². The topological polar surface area (TPSA) is 70.2 Å². The third-order valence-corrected chi connectivity index (χ3v) is 5.36. The van der Waals surface area contributed by atoms with Gasteiger partial charge in [-0.3, -0.25) is 20.4 Å². The average molecular weight is 410 g/mol. The molecule has 3 N–H and O–H groups in total. The molecule has 1 amide bonds. The summed E-state index contributed by atoms with van der Waals surface area (Å²) < 4.78 is 0. The number of hydrogen-bond acceptors (Lipinski definition) is 3. The largest absolute Gasteiger partial charge is 0.331 e. The van der Waals surface area contributed by atoms with E-state index in [2.05, 4.69) is 61.2 Å². The number of carbonyl (C=O) groups is 2. The van der Waals surface area contributed by atoms with Gasteiger partial charge in [-0.15, -0.1) is 0 Å². The summed E-state index contributed by atoms with van der Waals surface area (Å²) in [5.74, 6) is 0.110. The number of anilines is 1. The zero-order valence-electron chi connectivity index (χ0n) is 17.2. The van der Waals surface area contributed by atoms with E-state index in [1.807, 2.05) is 0 Å². The number of amides is 1. The highest BCUT2D eigenvalue weighted by molar-refractivity contribution is 7.80. The molecule has 0 bridgehead atoms. The van der Waals surface area contributed by atoms with Crippen LogP contribution in [0.2, 0.25) is 0 Å². The van der Waals surface area contributed by atoms with Crippen LogP contribution in [0.5, 0.6) is 0 Å². The third kappa shape index (κ3) is 5.41. The van der Waals surface area contributed by atoms with E-state index in [1.165, 1.54) is 18.1 Å². The van der Waals surface area contributed by atoms with E-state index in [1.54, 1.807) is 24.3 Å². The van der Waals surface area contributed by atoms with Crippen LogP contribution in [0.1, 0.15) is 61.5 Å². The van der Waals surface area contributed by atoms with Crippen LogP contribution in [0.4, 0.5) is 5.69 Å². The van der Waals surface area contributed by atoms with E-state index in [0.29, 0.717) is 11.3 Å². The second-order valence-electron chi connectivity index (χ2n) is 8.53. The van der Waals surface area contributed by atoms with E-state index in [-0.39, 0.29) is 34.1 Å². The van der Waals surface area contributed by atoms with E-state index < -0.39 is 0 Å². The molecule has 1 saturated carbocycles. The second kappa shape index (κ2) is 8.33. The van der Waals surface area contributed by atoms with Crippen molar-refractivity contribution in [3.8, 4) is 0 Å². The van der Waals surface area contributed by atoms with Gasteiger partial charge in [0.15, 0.2) is 10.9 Å². The van der Waals surface area contributed by atoms with Crippen LogP contribution < -0.4 is 16.2 Å². The quantitative estimate of drug-likeness (QED) is 0.399. The molecule has 0 aromatic heterocycles. The molecule has 6 heteroatoms. The Balaban J connectivity index is 1.48. The second-order valence-corrected chi connectivity index (χ2v) is 8.93. The summed E-state index contributed by atoms with van der Waals surface area (Å²) in [6, 6.07) is 15.6. The number of hydrazine groups is 1. The van der Waals surface area contributed by atoms with Crippen molar-refractivity contribution < 1.29 is 9.59 Å². The fourth-order valence-electron chi connectivity index (χ4n) is 3.27. The van der Waals surface area contributed by atoms with Gasteiger partial charge in [0.2, 0.25) is 5.91 Å². The highest BCUT2D eigenvalue weighted by Crippen LogP contribution is 2.47. The molecular formula is C23H27N3O2S. The summed E-state index contributed by atoms with van der Waals surface area (Å²) in [5.41, 5.74) is 9.30. The normalized spacial score (nSPS) is 17.9. The van der Waals surface area contributed by atoms with E-state index in [0.717, 1.165) is 6.42 Å². The van der Waals surface area contributed by atoms with Gasteiger partial charge in [0.05, 0.1) is 0 Å². The Morgan fingerprint density at radius 1 is 1.03 bits per heavy atom. The Morgan fingerprint density at radius 3 is 2.34 bits per heavy atom. The Hall–Kier alpha value is -2.73. The van der Waals surface area contributed by atoms with Crippen LogP contribution >= 0.6 is 12.2 Å². The molecule has 2 aromatic carbocycles. The smallest absolute Gasteiger partial charge is 0.242 e. The lowest BCUT2D eigenvalue weighted by atomic mass is 9.86. The van der Waals surface area contributed by atoms with Crippen LogP contribution in [0.15, 0.2) is 48.5 Å². The van der Waals surface area contributed by atoms with Crippen molar-refractivity contribution in [2.75, 3.05) is 5.32 Å². The van der Waals surface area contributed by atoms with Crippen molar-refractivity contribution in [1.29, 1.82) is 0 Å². The molecule has 29 heavy (non-hydrogen) atoms. The zero-order chi connectivity index (χ0) is 21.2. The van der Waals surface area contributed by atoms with E-state index >= 15 is 0 Å². The molecular weight excluding hydrogens is 382 g/mol. The van der Waals surface area contributed by atoms with Crippen molar-refractivity contribution in [1.82, 2.24) is 10.9 Å². The van der Waals surface area contributed by atoms with Gasteiger partial charge >= 0.3 is 0 Å². The fraction of sp³-hybridized carbons (Fsp3) is 0.348. The van der Waals surface area contributed by atoms with Crippen molar-refractivity contribution in [2.45, 2.75) is 45.4 Å². The molecule has 5 nitrogen and oxygen atoms in total. The van der Waals surface area contributed by atoms with Gasteiger partial charge in [0.25, 0.3) is 0 Å². The van der Waals surface area contributed by atoms with Gasteiger partial charge in [0.1, 0.15) is 0 Å². The molecule has 0 spiro atoms. The summed E-state index contributed by atoms with van der Waals surface area (Å²) in [7, 11) is 0. The predicted octanol–water partition coefficient (Wildman–Crippen LogP) is 4.31. The maximum atomic E-state index is 12.4. The van der Waals surface area contributed by atoms with Gasteiger partial charge in [0, 0.05) is 17.2 Å². The monoisotopic (exact) mass is 409 g/mol. The summed E-state index contributed by atoms with van der Waals surface area (Å²) in [6.07, 6.45) is 0.837. The van der Waals surface area contributed by atoms with Crippen LogP contribution in [-0.4, -0.2) is 16.8 Å². The highest BCUT2D eigenvalue weighted by atomic mass is 32.1. The van der Waals surface area contributed by atoms with Gasteiger partial charge in [-0.25, -0.2) is 0 Å². The average Bonchev–Trinajstić information content (AvgIpc) is 3.46. The predicted molar refractivity (Wildman–Crippen MR) is 120 cm³/mol. The number of rotatable bonds is 4. The Bertz CT molecular complexity index is 932. The van der Waals surface area contributed by atoms with Crippen LogP contribution in [0.25, 0.3) is 0 Å². The van der Waals surface area contributed by atoms with Crippen LogP contribution in [0, 0.1) is 5.92 Å². The summed E-state index contributed by atoms with van der Waals surface area (Å²) in [5, 5.41) is 3.24. The molecule has 0 saturated heterocycles. The first kappa shape index (κ1) is 21.0. The molecule has 1 aliphatic rings. The maximum Gasteiger partial charge on any atom is 0.242 e. The molecule has 0 heterocycles. The third-order valence-electron chi connectivity index (χ3n) is 5.16. The summed E-state index contributed by atoms with van der Waals surface area (Å²) in [6.45, 7) is 8.08. The minimum atomic E-state index is -0.0727. The van der Waals surface area contributed by atoms with Crippen molar-refractivity contribution >= 4 is 34.7 Å². The number of carbonyl (C=O) groups excluding carboxylic acids is 2. The molecule has 152 valence electrons. The van der Waals surface area contributed by atoms with Crippen molar-refractivity contribution in [2.24, 2.45) is 5.92 Å². The molecule has 3 rings (SSSR count). The van der Waals surface area contributed by atoms with E-state index in [9.17, 15) is 9.59 Å². The van der Waals surface area contributed by atoms with E-state index in [4.69, 9.17) is 12.2 Å². The first-order chi connectivity index (χ1) is 13.6. The molecule has 0 unspecified atom stereocenters. The molecule has 2 aromatic rings. The molecule has 1 fully saturated rings. The number of benzene rings is 2. The van der Waals surface area contributed by atoms with Crippen LogP contribution in [0.3, 0.4) is 0 Å². The highest BCUT2D eigenvalue weighted by Gasteiger charge is 2.44. The number of thiocarbonyl (C=S) groups is 1. The number of ketones is 1. The summed E-state index contributed by atoms with van der Waals surface area (Å²) >= 11 is 5.22. The molecule has 0 aliphatic heterocycles. The molecule has 0 radical (unpaired) electrons. The van der Waals surface area contributed by atoms with Gasteiger partial charge in [-0.05, 0) is 60.2 Å².